The Bertz CT molecular complexity index is 424. The summed E-state index contributed by atoms with van der Waals surface area (Å²) in [6, 6.07) is 4.66. The van der Waals surface area contributed by atoms with E-state index in [0.717, 1.165) is 12.8 Å². The fourth-order valence-corrected chi connectivity index (χ4v) is 1.98. The second-order valence-corrected chi connectivity index (χ2v) is 5.05. The summed E-state index contributed by atoms with van der Waals surface area (Å²) in [5, 5.41) is 12.0. The van der Waals surface area contributed by atoms with Crippen LogP contribution in [0.2, 0.25) is 5.02 Å². The first kappa shape index (κ1) is 16.6. The van der Waals surface area contributed by atoms with Gasteiger partial charge < -0.3 is 9.84 Å². The van der Waals surface area contributed by atoms with Crippen molar-refractivity contribution in [3.8, 4) is 5.75 Å². The zero-order valence-corrected chi connectivity index (χ0v) is 12.6. The van der Waals surface area contributed by atoms with E-state index in [4.69, 9.17) is 16.3 Å². The number of nitrogens with one attached hydrogen (secondary N) is 1. The zero-order valence-electron chi connectivity index (χ0n) is 11.8. The highest BCUT2D eigenvalue weighted by molar-refractivity contribution is 6.35. The van der Waals surface area contributed by atoms with Crippen LogP contribution in [-0.2, 0) is 4.74 Å². The van der Waals surface area contributed by atoms with Crippen LogP contribution in [0.5, 0.6) is 5.75 Å². The minimum atomic E-state index is -0.550. The first-order valence-electron chi connectivity index (χ1n) is 7.06. The number of carbonyl (C=O) groups excluding carboxylic acids is 1. The van der Waals surface area contributed by atoms with Gasteiger partial charge in [0.15, 0.2) is 0 Å². The molecule has 0 radical (unpaired) electrons. The largest absolute Gasteiger partial charge is 0.506 e. The molecular formula is C15H22ClNO3. The average molecular weight is 300 g/mol. The topological polar surface area (TPSA) is 58.6 Å². The molecule has 1 aromatic rings. The molecule has 20 heavy (non-hydrogen) atoms. The molecule has 1 rings (SSSR count). The molecule has 0 aliphatic rings. The number of amides is 1. The first-order valence-corrected chi connectivity index (χ1v) is 7.44. The third kappa shape index (κ3) is 6.15. The molecule has 0 atom stereocenters. The molecule has 0 fully saturated rings. The SMILES string of the molecule is CCCCCCCCOC(=O)Nc1cccc(O)c1Cl. The Balaban J connectivity index is 2.19. The number of phenolic OH excluding ortho intramolecular Hbond substituents is 1. The Morgan fingerprint density at radius 1 is 1.25 bits per heavy atom. The Hall–Kier alpha value is -1.42. The van der Waals surface area contributed by atoms with Gasteiger partial charge in [0.05, 0.1) is 12.3 Å². The lowest BCUT2D eigenvalue weighted by molar-refractivity contribution is 0.159. The van der Waals surface area contributed by atoms with E-state index in [0.29, 0.717) is 12.3 Å². The van der Waals surface area contributed by atoms with Crippen molar-refractivity contribution in [2.45, 2.75) is 45.4 Å². The maximum absolute atomic E-state index is 11.5. The standard InChI is InChI=1S/C15H22ClNO3/c1-2-3-4-5-6-7-11-20-15(19)17-12-9-8-10-13(18)14(12)16/h8-10,18H,2-7,11H2,1H3,(H,17,19). The fraction of sp³-hybridized carbons (Fsp3) is 0.533. The number of halogens is 1. The Labute approximate surface area is 125 Å². The molecule has 0 aromatic heterocycles. The minimum absolute atomic E-state index is 0.0691. The summed E-state index contributed by atoms with van der Waals surface area (Å²) < 4.78 is 5.06. The molecule has 0 bridgehead atoms. The van der Waals surface area contributed by atoms with Crippen molar-refractivity contribution in [2.24, 2.45) is 0 Å². The van der Waals surface area contributed by atoms with E-state index in [-0.39, 0.29) is 10.8 Å². The van der Waals surface area contributed by atoms with E-state index in [9.17, 15) is 9.90 Å². The molecule has 0 aliphatic heterocycles. The lowest BCUT2D eigenvalue weighted by atomic mass is 10.1. The summed E-state index contributed by atoms with van der Waals surface area (Å²) in [4.78, 5) is 11.5. The van der Waals surface area contributed by atoms with Crippen molar-refractivity contribution in [3.63, 3.8) is 0 Å². The second-order valence-electron chi connectivity index (χ2n) is 4.67. The van der Waals surface area contributed by atoms with Crippen LogP contribution < -0.4 is 5.32 Å². The summed E-state index contributed by atoms with van der Waals surface area (Å²) in [7, 11) is 0. The van der Waals surface area contributed by atoms with E-state index < -0.39 is 6.09 Å². The van der Waals surface area contributed by atoms with E-state index >= 15 is 0 Å². The average Bonchev–Trinajstić information content (AvgIpc) is 2.43. The number of hydrogen-bond acceptors (Lipinski definition) is 3. The maximum atomic E-state index is 11.5. The first-order chi connectivity index (χ1) is 9.65. The molecule has 112 valence electrons. The van der Waals surface area contributed by atoms with Gasteiger partial charge in [0, 0.05) is 0 Å². The van der Waals surface area contributed by atoms with Gasteiger partial charge in [-0.25, -0.2) is 4.79 Å². The van der Waals surface area contributed by atoms with Gasteiger partial charge in [0.25, 0.3) is 0 Å². The van der Waals surface area contributed by atoms with Gasteiger partial charge in [0.2, 0.25) is 0 Å². The van der Waals surface area contributed by atoms with E-state index in [1.807, 2.05) is 0 Å². The number of unbranched alkanes of at least 4 members (excludes halogenated alkanes) is 5. The van der Waals surface area contributed by atoms with E-state index in [1.165, 1.54) is 31.7 Å². The smallest absolute Gasteiger partial charge is 0.411 e. The summed E-state index contributed by atoms with van der Waals surface area (Å²) in [6.07, 6.45) is 6.29. The molecule has 1 aromatic carbocycles. The normalized spacial score (nSPS) is 10.3. The molecule has 0 saturated carbocycles. The third-order valence-corrected chi connectivity index (χ3v) is 3.34. The number of aromatic hydroxyl groups is 1. The number of carbonyl (C=O) groups is 1. The summed E-state index contributed by atoms with van der Waals surface area (Å²) in [5.74, 6) is -0.0691. The van der Waals surface area contributed by atoms with Gasteiger partial charge in [0.1, 0.15) is 10.8 Å². The fourth-order valence-electron chi connectivity index (χ4n) is 1.81. The molecule has 0 saturated heterocycles. The van der Waals surface area contributed by atoms with Crippen LogP contribution >= 0.6 is 11.6 Å². The molecule has 0 unspecified atom stereocenters. The highest BCUT2D eigenvalue weighted by atomic mass is 35.5. The van der Waals surface area contributed by atoms with Crippen molar-refractivity contribution in [2.75, 3.05) is 11.9 Å². The highest BCUT2D eigenvalue weighted by Crippen LogP contribution is 2.30. The molecule has 0 aliphatic carbocycles. The summed E-state index contributed by atoms with van der Waals surface area (Å²) >= 11 is 5.85. The molecule has 4 nitrogen and oxygen atoms in total. The molecule has 1 amide bonds. The van der Waals surface area contributed by atoms with Crippen molar-refractivity contribution in [1.29, 1.82) is 0 Å². The Morgan fingerprint density at radius 2 is 1.95 bits per heavy atom. The van der Waals surface area contributed by atoms with Gasteiger partial charge in [-0.15, -0.1) is 0 Å². The van der Waals surface area contributed by atoms with Gasteiger partial charge >= 0.3 is 6.09 Å². The van der Waals surface area contributed by atoms with Crippen LogP contribution in [0.15, 0.2) is 18.2 Å². The third-order valence-electron chi connectivity index (χ3n) is 2.95. The van der Waals surface area contributed by atoms with Crippen molar-refractivity contribution in [1.82, 2.24) is 0 Å². The quantitative estimate of drug-likeness (QED) is 0.667. The monoisotopic (exact) mass is 299 g/mol. The van der Waals surface area contributed by atoms with Crippen molar-refractivity contribution < 1.29 is 14.6 Å². The number of benzene rings is 1. The molecule has 0 spiro atoms. The van der Waals surface area contributed by atoms with Crippen LogP contribution in [-0.4, -0.2) is 17.8 Å². The Morgan fingerprint density at radius 3 is 2.70 bits per heavy atom. The lowest BCUT2D eigenvalue weighted by Gasteiger charge is -2.09. The lowest BCUT2D eigenvalue weighted by Crippen LogP contribution is -2.14. The minimum Gasteiger partial charge on any atom is -0.506 e. The Kier molecular flexibility index (Phi) is 7.88. The van der Waals surface area contributed by atoms with Crippen LogP contribution in [0.25, 0.3) is 0 Å². The number of rotatable bonds is 8. The molecule has 0 heterocycles. The summed E-state index contributed by atoms with van der Waals surface area (Å²) in [6.45, 7) is 2.58. The molecular weight excluding hydrogens is 278 g/mol. The predicted octanol–water partition coefficient (Wildman–Crippen LogP) is 4.95. The number of ether oxygens (including phenoxy) is 1. The van der Waals surface area contributed by atoms with Crippen molar-refractivity contribution >= 4 is 23.4 Å². The van der Waals surface area contributed by atoms with Gasteiger partial charge in [-0.05, 0) is 18.6 Å². The van der Waals surface area contributed by atoms with Crippen molar-refractivity contribution in [3.05, 3.63) is 23.2 Å². The molecule has 2 N–H and O–H groups in total. The van der Waals surface area contributed by atoms with E-state index in [1.54, 1.807) is 12.1 Å². The van der Waals surface area contributed by atoms with Crippen LogP contribution in [0.3, 0.4) is 0 Å². The van der Waals surface area contributed by atoms with Gasteiger partial charge in [-0.1, -0.05) is 56.7 Å². The van der Waals surface area contributed by atoms with Crippen LogP contribution in [0.4, 0.5) is 10.5 Å². The predicted molar refractivity (Wildman–Crippen MR) is 81.5 cm³/mol. The maximum Gasteiger partial charge on any atom is 0.411 e. The van der Waals surface area contributed by atoms with Crippen LogP contribution in [0, 0.1) is 0 Å². The second kappa shape index (κ2) is 9.48. The van der Waals surface area contributed by atoms with Crippen LogP contribution in [0.1, 0.15) is 45.4 Å². The van der Waals surface area contributed by atoms with Gasteiger partial charge in [-0.2, -0.15) is 0 Å². The molecule has 5 heteroatoms. The number of hydrogen-bond donors (Lipinski definition) is 2. The van der Waals surface area contributed by atoms with E-state index in [2.05, 4.69) is 12.2 Å². The summed E-state index contributed by atoms with van der Waals surface area (Å²) in [5.41, 5.74) is 0.347. The number of anilines is 1. The zero-order chi connectivity index (χ0) is 14.8. The number of phenols is 1. The van der Waals surface area contributed by atoms with Gasteiger partial charge in [-0.3, -0.25) is 5.32 Å². The highest BCUT2D eigenvalue weighted by Gasteiger charge is 2.09.